The molecule has 0 aliphatic rings. The standard InChI is InChI=1S/C17H15ClO2/c1-2-12(11-17(19)20)13-6-8-14(9-7-13)15-4-3-5-16(18)10-15/h3-11H,2H2,1H3,(H,19,20)/b12-11+. The fourth-order valence-corrected chi connectivity index (χ4v) is 2.27. The van der Waals surface area contributed by atoms with E-state index in [0.29, 0.717) is 11.4 Å². The molecule has 2 aromatic carbocycles. The Bertz CT molecular complexity index is 642. The van der Waals surface area contributed by atoms with Crippen LogP contribution in [0.2, 0.25) is 5.02 Å². The molecule has 0 fully saturated rings. The molecule has 0 heterocycles. The van der Waals surface area contributed by atoms with Gasteiger partial charge in [-0.25, -0.2) is 4.79 Å². The Morgan fingerprint density at radius 1 is 1.15 bits per heavy atom. The minimum Gasteiger partial charge on any atom is -0.478 e. The van der Waals surface area contributed by atoms with Gasteiger partial charge in [-0.2, -0.15) is 0 Å². The number of benzene rings is 2. The summed E-state index contributed by atoms with van der Waals surface area (Å²) in [6, 6.07) is 15.5. The monoisotopic (exact) mass is 286 g/mol. The van der Waals surface area contributed by atoms with Crippen LogP contribution < -0.4 is 0 Å². The van der Waals surface area contributed by atoms with Crippen LogP contribution in [0.15, 0.2) is 54.6 Å². The lowest BCUT2D eigenvalue weighted by molar-refractivity contribution is -0.131. The van der Waals surface area contributed by atoms with Crippen molar-refractivity contribution < 1.29 is 9.90 Å². The maximum atomic E-state index is 10.8. The van der Waals surface area contributed by atoms with Gasteiger partial charge in [0.25, 0.3) is 0 Å². The van der Waals surface area contributed by atoms with E-state index in [4.69, 9.17) is 16.7 Å². The first-order valence-electron chi connectivity index (χ1n) is 6.40. The fourth-order valence-electron chi connectivity index (χ4n) is 2.08. The van der Waals surface area contributed by atoms with E-state index in [9.17, 15) is 4.79 Å². The molecule has 1 N–H and O–H groups in total. The summed E-state index contributed by atoms with van der Waals surface area (Å²) in [5, 5.41) is 9.55. The number of halogens is 1. The Balaban J connectivity index is 2.33. The number of allylic oxidation sites excluding steroid dienone is 1. The highest BCUT2D eigenvalue weighted by Crippen LogP contribution is 2.25. The van der Waals surface area contributed by atoms with Crippen LogP contribution in [-0.2, 0) is 4.79 Å². The molecular formula is C17H15ClO2. The molecule has 0 radical (unpaired) electrons. The van der Waals surface area contributed by atoms with Gasteiger partial charge in [0.1, 0.15) is 0 Å². The average molecular weight is 287 g/mol. The summed E-state index contributed by atoms with van der Waals surface area (Å²) in [6.45, 7) is 1.94. The predicted octanol–water partition coefficient (Wildman–Crippen LogP) is 4.89. The molecule has 0 unspecified atom stereocenters. The molecule has 2 rings (SSSR count). The number of hydrogen-bond acceptors (Lipinski definition) is 1. The molecule has 0 saturated carbocycles. The molecule has 0 saturated heterocycles. The molecule has 20 heavy (non-hydrogen) atoms. The zero-order valence-electron chi connectivity index (χ0n) is 11.1. The maximum Gasteiger partial charge on any atom is 0.328 e. The molecule has 2 nitrogen and oxygen atoms in total. The van der Waals surface area contributed by atoms with Crippen LogP contribution in [0, 0.1) is 0 Å². The number of carboxylic acid groups (broad SMARTS) is 1. The van der Waals surface area contributed by atoms with Gasteiger partial charge in [0.05, 0.1) is 0 Å². The van der Waals surface area contributed by atoms with E-state index in [1.807, 2.05) is 55.5 Å². The highest BCUT2D eigenvalue weighted by atomic mass is 35.5. The van der Waals surface area contributed by atoms with Crippen LogP contribution in [0.3, 0.4) is 0 Å². The molecule has 0 atom stereocenters. The third-order valence-electron chi connectivity index (χ3n) is 3.09. The van der Waals surface area contributed by atoms with Gasteiger partial charge in [0.15, 0.2) is 0 Å². The molecule has 0 amide bonds. The second-order valence-corrected chi connectivity index (χ2v) is 4.89. The summed E-state index contributed by atoms with van der Waals surface area (Å²) in [6.07, 6.45) is 1.94. The van der Waals surface area contributed by atoms with Gasteiger partial charge in [0, 0.05) is 11.1 Å². The summed E-state index contributed by atoms with van der Waals surface area (Å²) >= 11 is 5.98. The van der Waals surface area contributed by atoms with Crippen molar-refractivity contribution in [3.8, 4) is 11.1 Å². The lowest BCUT2D eigenvalue weighted by atomic mass is 9.99. The van der Waals surface area contributed by atoms with Crippen LogP contribution in [0.25, 0.3) is 16.7 Å². The van der Waals surface area contributed by atoms with Crippen molar-refractivity contribution in [2.24, 2.45) is 0 Å². The zero-order chi connectivity index (χ0) is 14.5. The van der Waals surface area contributed by atoms with E-state index in [2.05, 4.69) is 0 Å². The Morgan fingerprint density at radius 2 is 1.85 bits per heavy atom. The van der Waals surface area contributed by atoms with Crippen molar-refractivity contribution >= 4 is 23.1 Å². The van der Waals surface area contributed by atoms with Crippen LogP contribution >= 0.6 is 11.6 Å². The van der Waals surface area contributed by atoms with E-state index in [1.165, 1.54) is 6.08 Å². The zero-order valence-corrected chi connectivity index (χ0v) is 11.9. The first kappa shape index (κ1) is 14.4. The summed E-state index contributed by atoms with van der Waals surface area (Å²) in [5.74, 6) is -0.916. The molecule has 0 aliphatic heterocycles. The molecule has 0 bridgehead atoms. The summed E-state index contributed by atoms with van der Waals surface area (Å²) < 4.78 is 0. The third kappa shape index (κ3) is 3.49. The summed E-state index contributed by atoms with van der Waals surface area (Å²) in [7, 11) is 0. The lowest BCUT2D eigenvalue weighted by Gasteiger charge is -2.07. The van der Waals surface area contributed by atoms with E-state index in [1.54, 1.807) is 0 Å². The molecule has 2 aromatic rings. The van der Waals surface area contributed by atoms with E-state index < -0.39 is 5.97 Å². The lowest BCUT2D eigenvalue weighted by Crippen LogP contribution is -1.92. The molecule has 3 heteroatoms. The number of hydrogen-bond donors (Lipinski definition) is 1. The van der Waals surface area contributed by atoms with Crippen molar-refractivity contribution in [2.75, 3.05) is 0 Å². The molecule has 102 valence electrons. The molecule has 0 spiro atoms. The second kappa shape index (κ2) is 6.40. The van der Waals surface area contributed by atoms with E-state index >= 15 is 0 Å². The van der Waals surface area contributed by atoms with Gasteiger partial charge >= 0.3 is 5.97 Å². The maximum absolute atomic E-state index is 10.8. The highest BCUT2D eigenvalue weighted by molar-refractivity contribution is 6.30. The normalized spacial score (nSPS) is 11.4. The average Bonchev–Trinajstić information content (AvgIpc) is 2.45. The van der Waals surface area contributed by atoms with Crippen LogP contribution in [-0.4, -0.2) is 11.1 Å². The Hall–Kier alpha value is -2.06. The minimum atomic E-state index is -0.916. The number of rotatable bonds is 4. The number of carboxylic acids is 1. The van der Waals surface area contributed by atoms with E-state index in [-0.39, 0.29) is 0 Å². The van der Waals surface area contributed by atoms with Crippen molar-refractivity contribution in [1.82, 2.24) is 0 Å². The third-order valence-corrected chi connectivity index (χ3v) is 3.33. The fraction of sp³-hybridized carbons (Fsp3) is 0.118. The summed E-state index contributed by atoms with van der Waals surface area (Å²) in [4.78, 5) is 10.8. The topological polar surface area (TPSA) is 37.3 Å². The van der Waals surface area contributed by atoms with Gasteiger partial charge in [-0.05, 0) is 40.8 Å². The van der Waals surface area contributed by atoms with Crippen molar-refractivity contribution in [1.29, 1.82) is 0 Å². The van der Waals surface area contributed by atoms with Crippen LogP contribution in [0.1, 0.15) is 18.9 Å². The van der Waals surface area contributed by atoms with Crippen LogP contribution in [0.4, 0.5) is 0 Å². The Kier molecular flexibility index (Phi) is 4.59. The minimum absolute atomic E-state index is 0.683. The smallest absolute Gasteiger partial charge is 0.328 e. The van der Waals surface area contributed by atoms with Crippen molar-refractivity contribution in [2.45, 2.75) is 13.3 Å². The van der Waals surface area contributed by atoms with Gasteiger partial charge in [-0.1, -0.05) is 54.9 Å². The van der Waals surface area contributed by atoms with Gasteiger partial charge < -0.3 is 5.11 Å². The number of carbonyl (C=O) groups is 1. The highest BCUT2D eigenvalue weighted by Gasteiger charge is 2.03. The van der Waals surface area contributed by atoms with E-state index in [0.717, 1.165) is 22.3 Å². The van der Waals surface area contributed by atoms with Crippen molar-refractivity contribution in [3.63, 3.8) is 0 Å². The Morgan fingerprint density at radius 3 is 2.40 bits per heavy atom. The molecule has 0 aromatic heterocycles. The largest absolute Gasteiger partial charge is 0.478 e. The van der Waals surface area contributed by atoms with Crippen LogP contribution in [0.5, 0.6) is 0 Å². The van der Waals surface area contributed by atoms with Gasteiger partial charge in [-0.15, -0.1) is 0 Å². The SMILES string of the molecule is CC/C(=C\C(=O)O)c1ccc(-c2cccc(Cl)c2)cc1. The van der Waals surface area contributed by atoms with Gasteiger partial charge in [0.2, 0.25) is 0 Å². The first-order chi connectivity index (χ1) is 9.60. The van der Waals surface area contributed by atoms with Crippen molar-refractivity contribution in [3.05, 3.63) is 65.2 Å². The molecule has 0 aliphatic carbocycles. The van der Waals surface area contributed by atoms with Gasteiger partial charge in [-0.3, -0.25) is 0 Å². The molecular weight excluding hydrogens is 272 g/mol. The number of aliphatic carboxylic acids is 1. The summed E-state index contributed by atoms with van der Waals surface area (Å²) in [5.41, 5.74) is 3.85. The predicted molar refractivity (Wildman–Crippen MR) is 82.8 cm³/mol. The first-order valence-corrected chi connectivity index (χ1v) is 6.78. The quantitative estimate of drug-likeness (QED) is 0.813. The second-order valence-electron chi connectivity index (χ2n) is 4.45. The Labute approximate surface area is 123 Å².